The summed E-state index contributed by atoms with van der Waals surface area (Å²) in [6.45, 7) is 0.209. The Labute approximate surface area is 90.2 Å². The minimum Gasteiger partial charge on any atom is -0.493 e. The van der Waals surface area contributed by atoms with Gasteiger partial charge in [0.15, 0.2) is 11.6 Å². The van der Waals surface area contributed by atoms with Crippen LogP contribution in [0, 0.1) is 11.6 Å². The predicted molar refractivity (Wildman–Crippen MR) is 50.1 cm³/mol. The number of rotatable bonds is 2. The van der Waals surface area contributed by atoms with Gasteiger partial charge in [0.05, 0.1) is 13.7 Å². The van der Waals surface area contributed by atoms with E-state index in [0.29, 0.717) is 5.56 Å². The first kappa shape index (κ1) is 10.7. The van der Waals surface area contributed by atoms with E-state index in [2.05, 4.69) is 5.32 Å². The Kier molecular flexibility index (Phi) is 2.64. The van der Waals surface area contributed by atoms with E-state index in [1.165, 1.54) is 13.2 Å². The molecule has 1 unspecified atom stereocenters. The number of methoxy groups -OCH3 is 1. The highest BCUT2D eigenvalue weighted by Crippen LogP contribution is 2.32. The second kappa shape index (κ2) is 3.96. The first-order chi connectivity index (χ1) is 7.63. The summed E-state index contributed by atoms with van der Waals surface area (Å²) in [7, 11) is 1.23. The van der Waals surface area contributed by atoms with Crippen LogP contribution in [0.5, 0.6) is 5.75 Å². The van der Waals surface area contributed by atoms with Crippen molar-refractivity contribution in [2.75, 3.05) is 13.7 Å². The third kappa shape index (κ3) is 1.66. The van der Waals surface area contributed by atoms with E-state index < -0.39 is 23.8 Å². The van der Waals surface area contributed by atoms with Crippen molar-refractivity contribution in [3.05, 3.63) is 29.3 Å². The highest BCUT2D eigenvalue weighted by Gasteiger charge is 2.29. The van der Waals surface area contributed by atoms with Crippen LogP contribution >= 0.6 is 0 Å². The van der Waals surface area contributed by atoms with Gasteiger partial charge in [-0.15, -0.1) is 0 Å². The smallest absolute Gasteiger partial charge is 0.407 e. The second-order valence-corrected chi connectivity index (χ2v) is 3.26. The largest absolute Gasteiger partial charge is 0.493 e. The van der Waals surface area contributed by atoms with E-state index in [4.69, 9.17) is 9.47 Å². The average Bonchev–Trinajstić information content (AvgIpc) is 2.68. The number of hydrogen-bond donors (Lipinski definition) is 1. The zero-order valence-electron chi connectivity index (χ0n) is 8.42. The summed E-state index contributed by atoms with van der Waals surface area (Å²) in [4.78, 5) is 10.8. The molecule has 1 aliphatic rings. The monoisotopic (exact) mass is 229 g/mol. The number of hydrogen-bond acceptors (Lipinski definition) is 3. The molecule has 1 heterocycles. The number of alkyl carbamates (subject to hydrolysis) is 1. The summed E-state index contributed by atoms with van der Waals surface area (Å²) >= 11 is 0. The minimum absolute atomic E-state index is 0.209. The summed E-state index contributed by atoms with van der Waals surface area (Å²) in [5, 5.41) is 2.42. The Bertz CT molecular complexity index is 436. The first-order valence-electron chi connectivity index (χ1n) is 4.60. The van der Waals surface area contributed by atoms with Crippen molar-refractivity contribution < 1.29 is 23.0 Å². The molecule has 4 nitrogen and oxygen atoms in total. The van der Waals surface area contributed by atoms with E-state index >= 15 is 0 Å². The number of carbonyl (C=O) groups is 1. The number of amides is 1. The molecule has 1 saturated heterocycles. The topological polar surface area (TPSA) is 47.6 Å². The lowest BCUT2D eigenvalue weighted by atomic mass is 10.1. The molecule has 1 aromatic carbocycles. The first-order valence-corrected chi connectivity index (χ1v) is 4.60. The SMILES string of the molecule is COc1c(C2CNC(=O)O2)ccc(F)c1F. The molecule has 16 heavy (non-hydrogen) atoms. The molecule has 6 heteroatoms. The maximum absolute atomic E-state index is 13.4. The minimum atomic E-state index is -1.08. The molecule has 86 valence electrons. The van der Waals surface area contributed by atoms with Crippen molar-refractivity contribution in [3.8, 4) is 5.75 Å². The molecule has 0 radical (unpaired) electrons. The van der Waals surface area contributed by atoms with Gasteiger partial charge in [-0.2, -0.15) is 4.39 Å². The zero-order valence-corrected chi connectivity index (χ0v) is 8.42. The molecule has 1 atom stereocenters. The fraction of sp³-hybridized carbons (Fsp3) is 0.300. The van der Waals surface area contributed by atoms with Crippen LogP contribution in [-0.2, 0) is 4.74 Å². The number of cyclic esters (lactones) is 1. The van der Waals surface area contributed by atoms with E-state index in [-0.39, 0.29) is 12.3 Å². The number of carbonyl (C=O) groups excluding carboxylic acids is 1. The van der Waals surface area contributed by atoms with E-state index in [1.807, 2.05) is 0 Å². The quantitative estimate of drug-likeness (QED) is 0.840. The normalized spacial score (nSPS) is 19.2. The molecular formula is C10H9F2NO3. The molecule has 2 rings (SSSR count). The Morgan fingerprint density at radius 1 is 1.50 bits per heavy atom. The highest BCUT2D eigenvalue weighted by molar-refractivity contribution is 5.70. The van der Waals surface area contributed by atoms with Crippen molar-refractivity contribution >= 4 is 6.09 Å². The van der Waals surface area contributed by atoms with Crippen molar-refractivity contribution in [2.24, 2.45) is 0 Å². The molecule has 0 saturated carbocycles. The van der Waals surface area contributed by atoms with E-state index in [0.717, 1.165) is 6.07 Å². The summed E-state index contributed by atoms with van der Waals surface area (Å²) in [6.07, 6.45) is -1.24. The summed E-state index contributed by atoms with van der Waals surface area (Å²) < 4.78 is 35.9. The molecule has 1 aromatic rings. The molecule has 0 aliphatic carbocycles. The molecule has 0 aromatic heterocycles. The van der Waals surface area contributed by atoms with E-state index in [1.54, 1.807) is 0 Å². The van der Waals surface area contributed by atoms with Gasteiger partial charge in [0.2, 0.25) is 5.82 Å². The molecule has 1 N–H and O–H groups in total. The van der Waals surface area contributed by atoms with Gasteiger partial charge in [-0.25, -0.2) is 9.18 Å². The summed E-state index contributed by atoms with van der Waals surface area (Å²) in [5.74, 6) is -2.32. The molecule has 1 amide bonds. The van der Waals surface area contributed by atoms with Gasteiger partial charge >= 0.3 is 6.09 Å². The maximum atomic E-state index is 13.4. The van der Waals surface area contributed by atoms with Crippen LogP contribution < -0.4 is 10.1 Å². The van der Waals surface area contributed by atoms with Crippen LogP contribution in [0.25, 0.3) is 0 Å². The van der Waals surface area contributed by atoms with Crippen molar-refractivity contribution in [3.63, 3.8) is 0 Å². The predicted octanol–water partition coefficient (Wildman–Crippen LogP) is 1.75. The van der Waals surface area contributed by atoms with Crippen LogP contribution in [0.1, 0.15) is 11.7 Å². The molecule has 0 spiro atoms. The van der Waals surface area contributed by atoms with Gasteiger partial charge in [0, 0.05) is 5.56 Å². The third-order valence-corrected chi connectivity index (χ3v) is 2.31. The average molecular weight is 229 g/mol. The van der Waals surface area contributed by atoms with Crippen molar-refractivity contribution in [2.45, 2.75) is 6.10 Å². The molecule has 1 aliphatic heterocycles. The lowest BCUT2D eigenvalue weighted by Crippen LogP contribution is -2.12. The maximum Gasteiger partial charge on any atom is 0.407 e. The summed E-state index contributed by atoms with van der Waals surface area (Å²) in [6, 6.07) is 2.31. The van der Waals surface area contributed by atoms with Crippen LogP contribution in [-0.4, -0.2) is 19.7 Å². The standard InChI is InChI=1S/C10H9F2NO3/c1-15-9-5(2-3-6(11)8(9)12)7-4-13-10(14)16-7/h2-3,7H,4H2,1H3,(H,13,14). The zero-order chi connectivity index (χ0) is 11.7. The van der Waals surface area contributed by atoms with Gasteiger partial charge in [0.25, 0.3) is 0 Å². The fourth-order valence-electron chi connectivity index (χ4n) is 1.57. The van der Waals surface area contributed by atoms with Gasteiger partial charge in [-0.05, 0) is 12.1 Å². The van der Waals surface area contributed by atoms with Crippen molar-refractivity contribution in [1.82, 2.24) is 5.32 Å². The summed E-state index contributed by atoms with van der Waals surface area (Å²) in [5.41, 5.74) is 0.305. The van der Waals surface area contributed by atoms with Crippen LogP contribution in [0.4, 0.5) is 13.6 Å². The number of halogens is 2. The van der Waals surface area contributed by atoms with Gasteiger partial charge in [-0.1, -0.05) is 0 Å². The van der Waals surface area contributed by atoms with Crippen LogP contribution in [0.15, 0.2) is 12.1 Å². The van der Waals surface area contributed by atoms with E-state index in [9.17, 15) is 13.6 Å². The fourth-order valence-corrected chi connectivity index (χ4v) is 1.57. The lowest BCUT2D eigenvalue weighted by molar-refractivity contribution is 0.139. The van der Waals surface area contributed by atoms with Crippen LogP contribution in [0.3, 0.4) is 0 Å². The van der Waals surface area contributed by atoms with Gasteiger partial charge < -0.3 is 14.8 Å². The Balaban J connectivity index is 2.40. The third-order valence-electron chi connectivity index (χ3n) is 2.31. The molecule has 1 fully saturated rings. The number of nitrogens with one attached hydrogen (secondary N) is 1. The van der Waals surface area contributed by atoms with Gasteiger partial charge in [-0.3, -0.25) is 0 Å². The lowest BCUT2D eigenvalue weighted by Gasteiger charge is -2.13. The Morgan fingerprint density at radius 3 is 2.81 bits per heavy atom. The molecule has 0 bridgehead atoms. The highest BCUT2D eigenvalue weighted by atomic mass is 19.2. The number of ether oxygens (including phenoxy) is 2. The van der Waals surface area contributed by atoms with Crippen LogP contribution in [0.2, 0.25) is 0 Å². The van der Waals surface area contributed by atoms with Gasteiger partial charge in [0.1, 0.15) is 6.10 Å². The molecular weight excluding hydrogens is 220 g/mol. The Hall–Kier alpha value is -1.85. The number of benzene rings is 1. The second-order valence-electron chi connectivity index (χ2n) is 3.26. The Morgan fingerprint density at radius 2 is 2.25 bits per heavy atom. The van der Waals surface area contributed by atoms with Crippen molar-refractivity contribution in [1.29, 1.82) is 0 Å².